The van der Waals surface area contributed by atoms with Crippen molar-refractivity contribution in [3.63, 3.8) is 0 Å². The predicted molar refractivity (Wildman–Crippen MR) is 15.2 cm³/mol. The van der Waals surface area contributed by atoms with Gasteiger partial charge < -0.3 is 10.1 Å². The summed E-state index contributed by atoms with van der Waals surface area (Å²) in [6, 6.07) is 0. The van der Waals surface area contributed by atoms with E-state index in [-0.39, 0.29) is 0 Å². The van der Waals surface area contributed by atoms with Gasteiger partial charge in [-0.1, -0.05) is 0 Å². The second-order valence-electron chi connectivity index (χ2n) is 0.599. The number of aromatic nitrogens is 3. The van der Waals surface area contributed by atoms with Gasteiger partial charge in [0.1, 0.15) is 0 Å². The fourth-order valence-electron chi connectivity index (χ4n) is 0.144. The van der Waals surface area contributed by atoms with Gasteiger partial charge >= 0.3 is 0 Å². The molecule has 1 aromatic rings. The summed E-state index contributed by atoms with van der Waals surface area (Å²) in [7, 11) is 0. The van der Waals surface area contributed by atoms with Gasteiger partial charge in [-0.25, -0.2) is 0 Å². The molecule has 0 saturated carbocycles. The van der Waals surface area contributed by atoms with E-state index >= 15 is 0 Å². The lowest BCUT2D eigenvalue weighted by Crippen LogP contribution is -1.54. The zero-order valence-corrected chi connectivity index (χ0v) is 2.47. The van der Waals surface area contributed by atoms with Crippen LogP contribution < -0.4 is 0 Å². The van der Waals surface area contributed by atoms with Crippen molar-refractivity contribution in [3.05, 3.63) is 12.7 Å². The van der Waals surface area contributed by atoms with Gasteiger partial charge in [0.15, 0.2) is 0 Å². The van der Waals surface area contributed by atoms with Crippen LogP contribution >= 0.6 is 0 Å². The van der Waals surface area contributed by atoms with Crippen LogP contribution in [0.25, 0.3) is 0 Å². The zero-order valence-electron chi connectivity index (χ0n) is 2.47. The molecule has 0 unspecified atom stereocenters. The summed E-state index contributed by atoms with van der Waals surface area (Å²) < 4.78 is 0. The number of H-pyrrole nitrogens is 1. The first kappa shape index (κ1) is 2.38. The molecule has 0 aliphatic carbocycles. The summed E-state index contributed by atoms with van der Waals surface area (Å²) >= 11 is 0. The van der Waals surface area contributed by atoms with Crippen molar-refractivity contribution in [2.75, 3.05) is 0 Å². The molecule has 0 fully saturated rings. The first-order valence-electron chi connectivity index (χ1n) is 1.22. The average molecular weight is 68.1 g/mol. The second kappa shape index (κ2) is 0.839. The Morgan fingerprint density at radius 2 is 2.80 bits per heavy atom. The Labute approximate surface area is 29.0 Å². The molecule has 0 bridgehead atoms. The van der Waals surface area contributed by atoms with Crippen molar-refractivity contribution < 1.29 is 0 Å². The van der Waals surface area contributed by atoms with Crippen LogP contribution in [0.5, 0.6) is 0 Å². The van der Waals surface area contributed by atoms with Crippen molar-refractivity contribution in [2.45, 2.75) is 0 Å². The van der Waals surface area contributed by atoms with E-state index in [1.165, 1.54) is 6.33 Å². The molecule has 1 aromatic heterocycles. The Kier molecular flexibility index (Phi) is 0.400. The third-order valence-electron chi connectivity index (χ3n) is 0.295. The highest BCUT2D eigenvalue weighted by atomic mass is 15.2. The Balaban J connectivity index is 3.13. The van der Waals surface area contributed by atoms with E-state index < -0.39 is 0 Å². The summed E-state index contributed by atoms with van der Waals surface area (Å²) in [6.45, 7) is 0. The van der Waals surface area contributed by atoms with E-state index in [4.69, 9.17) is 0 Å². The van der Waals surface area contributed by atoms with E-state index in [1.54, 1.807) is 0 Å². The summed E-state index contributed by atoms with van der Waals surface area (Å²) in [4.78, 5) is 3.43. The topological polar surface area (TPSA) is 41.6 Å². The lowest BCUT2D eigenvalue weighted by molar-refractivity contribution is 1.08. The molecule has 0 aliphatic heterocycles. The predicted octanol–water partition coefficient (Wildman–Crippen LogP) is -0.395. The summed E-state index contributed by atoms with van der Waals surface area (Å²) in [6.07, 6.45) is 3.76. The normalized spacial score (nSPS) is 8.00. The van der Waals surface area contributed by atoms with Crippen LogP contribution in [0.1, 0.15) is 0 Å². The molecule has 1 rings (SSSR count). The molecular weight excluding hydrogens is 66.0 g/mol. The SMILES string of the molecule is [c-]1nc[nH]n1. The zero-order chi connectivity index (χ0) is 3.54. The molecule has 0 atom stereocenters. The summed E-state index contributed by atoms with van der Waals surface area (Å²) in [5.74, 6) is 0. The fraction of sp³-hybridized carbons (Fsp3) is 0. The first-order valence-corrected chi connectivity index (χ1v) is 1.22. The first-order chi connectivity index (χ1) is 2.50. The summed E-state index contributed by atoms with van der Waals surface area (Å²) in [5, 5.41) is 5.81. The maximum atomic E-state index is 3.43. The molecule has 0 saturated heterocycles. The van der Waals surface area contributed by atoms with E-state index in [9.17, 15) is 0 Å². The largest absolute Gasteiger partial charge is 0.421 e. The number of nitrogens with one attached hydrogen (secondary N) is 1. The number of nitrogens with zero attached hydrogens (tertiary/aromatic N) is 2. The van der Waals surface area contributed by atoms with E-state index in [0.717, 1.165) is 0 Å². The highest BCUT2D eigenvalue weighted by Crippen LogP contribution is 1.51. The number of hydrogen-bond acceptors (Lipinski definition) is 2. The van der Waals surface area contributed by atoms with Gasteiger partial charge in [-0.2, -0.15) is 0 Å². The minimum absolute atomic E-state index is 1.46. The molecule has 0 aromatic carbocycles. The van der Waals surface area contributed by atoms with Crippen LogP contribution in [-0.2, 0) is 0 Å². The second-order valence-corrected chi connectivity index (χ2v) is 0.599. The minimum atomic E-state index is 1.46. The van der Waals surface area contributed by atoms with Crippen LogP contribution in [0.15, 0.2) is 6.33 Å². The molecule has 1 N–H and O–H groups in total. The molecule has 26 valence electrons. The molecule has 5 heavy (non-hydrogen) atoms. The van der Waals surface area contributed by atoms with Gasteiger partial charge in [0.25, 0.3) is 0 Å². The van der Waals surface area contributed by atoms with Gasteiger partial charge in [0.05, 0.1) is 0 Å². The van der Waals surface area contributed by atoms with Crippen molar-refractivity contribution in [3.8, 4) is 0 Å². The molecule has 0 amide bonds. The maximum Gasteiger partial charge on any atom is -0.0238 e. The summed E-state index contributed by atoms with van der Waals surface area (Å²) in [5.41, 5.74) is 0. The van der Waals surface area contributed by atoms with Crippen molar-refractivity contribution in [2.24, 2.45) is 0 Å². The highest BCUT2D eigenvalue weighted by Gasteiger charge is 1.42. The van der Waals surface area contributed by atoms with Crippen LogP contribution in [0.2, 0.25) is 0 Å². The van der Waals surface area contributed by atoms with Gasteiger partial charge in [-0.3, -0.25) is 5.10 Å². The number of aromatic amines is 1. The quantitative estimate of drug-likeness (QED) is 0.420. The molecule has 3 nitrogen and oxygen atoms in total. The standard InChI is InChI=1S/C2H2N3/c1-3-2-5-4-1/h1H,(H,3,4,5)/q-1. The van der Waals surface area contributed by atoms with Gasteiger partial charge in [-0.15, -0.1) is 0 Å². The molecular formula is C2H2N3-. The monoisotopic (exact) mass is 68.0 g/mol. The Bertz CT molecular complexity index is 61.4. The Morgan fingerprint density at radius 1 is 1.80 bits per heavy atom. The lowest BCUT2D eigenvalue weighted by Gasteiger charge is -1.58. The Morgan fingerprint density at radius 3 is 3.00 bits per heavy atom. The number of hydrogen-bond donors (Lipinski definition) is 1. The van der Waals surface area contributed by atoms with Crippen molar-refractivity contribution in [1.82, 2.24) is 15.2 Å². The molecule has 0 radical (unpaired) electrons. The molecule has 0 aliphatic rings. The van der Waals surface area contributed by atoms with Crippen LogP contribution in [0, 0.1) is 6.33 Å². The molecule has 1 heterocycles. The Hall–Kier alpha value is -0.860. The minimum Gasteiger partial charge on any atom is -0.421 e. The maximum absolute atomic E-state index is 3.43. The third-order valence-corrected chi connectivity index (χ3v) is 0.295. The average Bonchev–Trinajstić information content (AvgIpc) is 1.76. The van der Waals surface area contributed by atoms with Gasteiger partial charge in [-0.05, 0) is 12.7 Å². The lowest BCUT2D eigenvalue weighted by atomic mass is 11.3. The third kappa shape index (κ3) is 0.238. The van der Waals surface area contributed by atoms with Gasteiger partial charge in [0.2, 0.25) is 0 Å². The van der Waals surface area contributed by atoms with Crippen molar-refractivity contribution >= 4 is 0 Å². The smallest absolute Gasteiger partial charge is 0.0238 e. The molecule has 0 spiro atoms. The van der Waals surface area contributed by atoms with E-state index in [1.807, 2.05) is 0 Å². The highest BCUT2D eigenvalue weighted by molar-refractivity contribution is 4.40. The number of rotatable bonds is 0. The van der Waals surface area contributed by atoms with Crippen LogP contribution in [-0.4, -0.2) is 15.2 Å². The van der Waals surface area contributed by atoms with E-state index in [2.05, 4.69) is 21.5 Å². The van der Waals surface area contributed by atoms with Crippen LogP contribution in [0.4, 0.5) is 0 Å². The van der Waals surface area contributed by atoms with Gasteiger partial charge in [0, 0.05) is 0 Å². The fourth-order valence-corrected chi connectivity index (χ4v) is 0.144. The van der Waals surface area contributed by atoms with Crippen LogP contribution in [0.3, 0.4) is 0 Å². The van der Waals surface area contributed by atoms with Crippen molar-refractivity contribution in [1.29, 1.82) is 0 Å². The molecule has 3 heteroatoms. The van der Waals surface area contributed by atoms with E-state index in [0.29, 0.717) is 0 Å².